The molecular formula is C28H41N3O5S. The van der Waals surface area contributed by atoms with Crippen LogP contribution in [-0.4, -0.2) is 56.6 Å². The zero-order chi connectivity index (χ0) is 27.8. The average molecular weight is 532 g/mol. The summed E-state index contributed by atoms with van der Waals surface area (Å²) < 4.78 is 31.8. The molecule has 0 saturated heterocycles. The summed E-state index contributed by atoms with van der Waals surface area (Å²) in [6.45, 7) is 9.99. The largest absolute Gasteiger partial charge is 0.495 e. The molecule has 0 bridgehead atoms. The van der Waals surface area contributed by atoms with Crippen LogP contribution in [0.2, 0.25) is 0 Å². The Morgan fingerprint density at radius 3 is 2.22 bits per heavy atom. The first-order valence-corrected chi connectivity index (χ1v) is 14.4. The maximum atomic E-state index is 13.5. The molecule has 0 aliphatic heterocycles. The van der Waals surface area contributed by atoms with Gasteiger partial charge in [-0.25, -0.2) is 8.42 Å². The zero-order valence-electron chi connectivity index (χ0n) is 23.1. The van der Waals surface area contributed by atoms with Crippen molar-refractivity contribution in [1.82, 2.24) is 10.2 Å². The van der Waals surface area contributed by atoms with Crippen molar-refractivity contribution >= 4 is 27.5 Å². The van der Waals surface area contributed by atoms with Gasteiger partial charge < -0.3 is 15.0 Å². The number of anilines is 1. The summed E-state index contributed by atoms with van der Waals surface area (Å²) in [5.41, 5.74) is 2.02. The lowest BCUT2D eigenvalue weighted by Gasteiger charge is -2.33. The van der Waals surface area contributed by atoms with Gasteiger partial charge in [-0.2, -0.15) is 0 Å². The lowest BCUT2D eigenvalue weighted by Crippen LogP contribution is -2.53. The number of amides is 2. The van der Waals surface area contributed by atoms with Crippen LogP contribution in [0.25, 0.3) is 0 Å². The molecule has 0 unspecified atom stereocenters. The van der Waals surface area contributed by atoms with E-state index in [0.717, 1.165) is 17.4 Å². The molecule has 0 fully saturated rings. The van der Waals surface area contributed by atoms with E-state index < -0.39 is 21.6 Å². The van der Waals surface area contributed by atoms with Gasteiger partial charge in [0.1, 0.15) is 11.8 Å². The van der Waals surface area contributed by atoms with E-state index >= 15 is 0 Å². The van der Waals surface area contributed by atoms with Crippen LogP contribution in [0.5, 0.6) is 5.75 Å². The number of benzene rings is 2. The zero-order valence-corrected chi connectivity index (χ0v) is 23.9. The van der Waals surface area contributed by atoms with Gasteiger partial charge in [-0.3, -0.25) is 13.9 Å². The summed E-state index contributed by atoms with van der Waals surface area (Å²) in [5, 5.41) is 2.99. The van der Waals surface area contributed by atoms with Gasteiger partial charge in [-0.05, 0) is 58.2 Å². The summed E-state index contributed by atoms with van der Waals surface area (Å²) in [6, 6.07) is 14.1. The highest BCUT2D eigenvalue weighted by Crippen LogP contribution is 2.30. The molecule has 2 aromatic rings. The van der Waals surface area contributed by atoms with E-state index in [1.54, 1.807) is 29.2 Å². The monoisotopic (exact) mass is 531 g/mol. The quantitative estimate of drug-likeness (QED) is 0.441. The highest BCUT2D eigenvalue weighted by Gasteiger charge is 2.31. The molecule has 1 atom stereocenters. The molecule has 0 aromatic heterocycles. The highest BCUT2D eigenvalue weighted by atomic mass is 32.2. The molecule has 0 radical (unpaired) electrons. The molecule has 1 N–H and O–H groups in total. The van der Waals surface area contributed by atoms with Gasteiger partial charge in [-0.15, -0.1) is 0 Å². The third-order valence-electron chi connectivity index (χ3n) is 5.86. The number of nitrogens with zero attached hydrogens (tertiary/aromatic N) is 2. The number of nitrogens with one attached hydrogen (secondary N) is 1. The van der Waals surface area contributed by atoms with Gasteiger partial charge in [0.2, 0.25) is 21.8 Å². The Hall–Kier alpha value is -3.07. The molecule has 0 saturated carbocycles. The Balaban J connectivity index is 2.26. The SMILES string of the molecule is CC[C@H](C(=O)NC(C)(C)C)N(Cc1ccc(C)cc1)C(=O)CCCN(c1ccccc1OC)S(C)(=O)=O. The summed E-state index contributed by atoms with van der Waals surface area (Å²) >= 11 is 0. The van der Waals surface area contributed by atoms with Crippen LogP contribution in [0, 0.1) is 6.92 Å². The molecule has 0 heterocycles. The lowest BCUT2D eigenvalue weighted by molar-refractivity contribution is -0.142. The third kappa shape index (κ3) is 9.07. The van der Waals surface area contributed by atoms with Crippen LogP contribution in [0.15, 0.2) is 48.5 Å². The third-order valence-corrected chi connectivity index (χ3v) is 7.04. The van der Waals surface area contributed by atoms with Gasteiger partial charge in [-0.1, -0.05) is 48.9 Å². The molecule has 2 amide bonds. The van der Waals surface area contributed by atoms with Crippen molar-refractivity contribution in [3.63, 3.8) is 0 Å². The Bertz CT molecular complexity index is 1160. The summed E-state index contributed by atoms with van der Waals surface area (Å²) in [6.07, 6.45) is 1.96. The van der Waals surface area contributed by atoms with Crippen LogP contribution in [0.4, 0.5) is 5.69 Å². The van der Waals surface area contributed by atoms with Gasteiger partial charge in [0.05, 0.1) is 19.1 Å². The molecule has 2 aromatic carbocycles. The van der Waals surface area contributed by atoms with Gasteiger partial charge in [0, 0.05) is 25.0 Å². The van der Waals surface area contributed by atoms with Gasteiger partial charge >= 0.3 is 0 Å². The topological polar surface area (TPSA) is 96.0 Å². The van der Waals surface area contributed by atoms with E-state index in [-0.39, 0.29) is 37.7 Å². The second-order valence-electron chi connectivity index (χ2n) is 10.3. The second kappa shape index (κ2) is 12.9. The molecule has 8 nitrogen and oxygen atoms in total. The standard InChI is InChI=1S/C28H41N3O5S/c1-8-23(27(33)29-28(3,4)5)30(20-22-17-15-21(2)16-18-22)26(32)14-11-19-31(37(7,34)35)24-12-9-10-13-25(24)36-6/h9-10,12-13,15-18,23H,8,11,14,19-20H2,1-7H3,(H,29,33)/t23-/m1/s1. The van der Waals surface area contributed by atoms with Crippen molar-refractivity contribution < 1.29 is 22.7 Å². The first-order valence-electron chi connectivity index (χ1n) is 12.5. The summed E-state index contributed by atoms with van der Waals surface area (Å²) in [4.78, 5) is 28.3. The van der Waals surface area contributed by atoms with E-state index in [2.05, 4.69) is 5.32 Å². The Morgan fingerprint density at radius 2 is 1.68 bits per heavy atom. The number of carbonyl (C=O) groups is 2. The number of para-hydroxylation sites is 2. The first kappa shape index (κ1) is 30.2. The number of sulfonamides is 1. The van der Waals surface area contributed by atoms with Crippen LogP contribution in [0.3, 0.4) is 0 Å². The summed E-state index contributed by atoms with van der Waals surface area (Å²) in [7, 11) is -2.13. The van der Waals surface area contributed by atoms with Crippen LogP contribution >= 0.6 is 0 Å². The normalized spacial score (nSPS) is 12.5. The molecule has 2 rings (SSSR count). The predicted octanol–water partition coefficient (Wildman–Crippen LogP) is 4.27. The van der Waals surface area contributed by atoms with Crippen molar-refractivity contribution in [1.29, 1.82) is 0 Å². The number of carbonyl (C=O) groups excluding carboxylic acids is 2. The average Bonchev–Trinajstić information content (AvgIpc) is 2.81. The minimum atomic E-state index is -3.61. The molecule has 0 aliphatic rings. The van der Waals surface area contributed by atoms with E-state index in [9.17, 15) is 18.0 Å². The summed E-state index contributed by atoms with van der Waals surface area (Å²) in [5.74, 6) is 0.0253. The van der Waals surface area contributed by atoms with E-state index in [1.807, 2.05) is 58.9 Å². The number of aryl methyl sites for hydroxylation is 1. The second-order valence-corrected chi connectivity index (χ2v) is 12.2. The maximum absolute atomic E-state index is 13.5. The van der Waals surface area contributed by atoms with Crippen LogP contribution in [0.1, 0.15) is 58.1 Å². The Morgan fingerprint density at radius 1 is 1.05 bits per heavy atom. The van der Waals surface area contributed by atoms with Gasteiger partial charge in [0.25, 0.3) is 0 Å². The first-order chi connectivity index (χ1) is 17.3. The van der Waals surface area contributed by atoms with Crippen LogP contribution < -0.4 is 14.4 Å². The van der Waals surface area contributed by atoms with E-state index in [1.165, 1.54) is 11.4 Å². The Labute approximate surface area is 222 Å². The van der Waals surface area contributed by atoms with Crippen LogP contribution in [-0.2, 0) is 26.2 Å². The fourth-order valence-corrected chi connectivity index (χ4v) is 5.05. The number of hydrogen-bond donors (Lipinski definition) is 1. The van der Waals surface area contributed by atoms with Crippen molar-refractivity contribution in [3.05, 3.63) is 59.7 Å². The van der Waals surface area contributed by atoms with Crippen molar-refractivity contribution in [2.45, 2.75) is 72.0 Å². The van der Waals surface area contributed by atoms with E-state index in [0.29, 0.717) is 17.9 Å². The van der Waals surface area contributed by atoms with Crippen molar-refractivity contribution in [2.75, 3.05) is 24.2 Å². The number of hydrogen-bond acceptors (Lipinski definition) is 5. The number of rotatable bonds is 12. The minimum Gasteiger partial charge on any atom is -0.495 e. The molecule has 37 heavy (non-hydrogen) atoms. The van der Waals surface area contributed by atoms with E-state index in [4.69, 9.17) is 4.74 Å². The smallest absolute Gasteiger partial charge is 0.243 e. The van der Waals surface area contributed by atoms with Crippen molar-refractivity contribution in [2.24, 2.45) is 0 Å². The van der Waals surface area contributed by atoms with Gasteiger partial charge in [0.15, 0.2) is 0 Å². The molecular weight excluding hydrogens is 490 g/mol. The number of methoxy groups -OCH3 is 1. The molecule has 0 spiro atoms. The fraction of sp³-hybridized carbons (Fsp3) is 0.500. The minimum absolute atomic E-state index is 0.0896. The predicted molar refractivity (Wildman–Crippen MR) is 148 cm³/mol. The van der Waals surface area contributed by atoms with Crippen molar-refractivity contribution in [3.8, 4) is 5.75 Å². The Kier molecular flexibility index (Phi) is 10.5. The maximum Gasteiger partial charge on any atom is 0.243 e. The lowest BCUT2D eigenvalue weighted by atomic mass is 10.0. The molecule has 0 aliphatic carbocycles. The number of ether oxygens (including phenoxy) is 1. The fourth-order valence-electron chi connectivity index (χ4n) is 4.08. The molecule has 204 valence electrons. The highest BCUT2D eigenvalue weighted by molar-refractivity contribution is 7.92. The molecule has 9 heteroatoms.